The minimum atomic E-state index is -0.846. The van der Waals surface area contributed by atoms with E-state index in [-0.39, 0.29) is 5.78 Å². The van der Waals surface area contributed by atoms with Gasteiger partial charge in [-0.25, -0.2) is 9.78 Å². The van der Waals surface area contributed by atoms with Crippen LogP contribution in [0.1, 0.15) is 27.6 Å². The fourth-order valence-corrected chi connectivity index (χ4v) is 3.09. The largest absolute Gasteiger partial charge is 0.451 e. The molecule has 0 aliphatic heterocycles. The summed E-state index contributed by atoms with van der Waals surface area (Å²) in [6.45, 7) is 1.58. The Morgan fingerprint density at radius 3 is 2.57 bits per heavy atom. The van der Waals surface area contributed by atoms with Gasteiger partial charge in [-0.2, -0.15) is 0 Å². The summed E-state index contributed by atoms with van der Waals surface area (Å²) < 4.78 is 7.09. The van der Waals surface area contributed by atoms with Crippen LogP contribution < -0.4 is 0 Å². The summed E-state index contributed by atoms with van der Waals surface area (Å²) in [6, 6.07) is 12.1. The number of fused-ring (bicyclic) bond motifs is 1. The molecule has 0 N–H and O–H groups in total. The Hall–Kier alpha value is -2.05. The van der Waals surface area contributed by atoms with E-state index in [9.17, 15) is 9.59 Å². The van der Waals surface area contributed by atoms with Gasteiger partial charge < -0.3 is 4.74 Å². The zero-order chi connectivity index (χ0) is 16.4. The first-order chi connectivity index (χ1) is 11.0. The zero-order valence-electron chi connectivity index (χ0n) is 12.2. The predicted octanol–water partition coefficient (Wildman–Crippen LogP) is 4.49. The smallest absolute Gasteiger partial charge is 0.338 e. The molecule has 23 heavy (non-hydrogen) atoms. The molecule has 0 amide bonds. The number of benzene rings is 2. The summed E-state index contributed by atoms with van der Waals surface area (Å²) in [7, 11) is 0. The second-order valence-corrected chi connectivity index (χ2v) is 6.76. The summed E-state index contributed by atoms with van der Waals surface area (Å²) in [6.07, 6.45) is -0.846. The Morgan fingerprint density at radius 2 is 1.83 bits per heavy atom. The third-order valence-corrected chi connectivity index (χ3v) is 4.67. The highest BCUT2D eigenvalue weighted by Crippen LogP contribution is 2.20. The Morgan fingerprint density at radius 1 is 1.13 bits per heavy atom. The van der Waals surface area contributed by atoms with Crippen molar-refractivity contribution < 1.29 is 14.3 Å². The molecule has 116 valence electrons. The first kappa shape index (κ1) is 15.8. The molecule has 2 aromatic carbocycles. The van der Waals surface area contributed by atoms with Crippen LogP contribution in [0.4, 0.5) is 0 Å². The van der Waals surface area contributed by atoms with Crippen LogP contribution in [0, 0.1) is 0 Å². The number of thiazole rings is 1. The molecule has 1 aromatic heterocycles. The third kappa shape index (κ3) is 3.48. The maximum absolute atomic E-state index is 12.3. The van der Waals surface area contributed by atoms with Crippen molar-refractivity contribution in [3.63, 3.8) is 0 Å². The lowest BCUT2D eigenvalue weighted by Gasteiger charge is -2.12. The highest BCUT2D eigenvalue weighted by Gasteiger charge is 2.20. The third-order valence-electron chi connectivity index (χ3n) is 3.35. The molecule has 0 aliphatic carbocycles. The average molecular weight is 390 g/mol. The molecule has 0 saturated carbocycles. The number of ether oxygens (including phenoxy) is 1. The standard InChI is InChI=1S/C17H12BrNO3S/c1-10(16(20)11-2-5-13(18)6-3-11)22-17(21)12-4-7-14-15(8-12)23-9-19-14/h2-10H,1H3/t10-/m0/s1. The van der Waals surface area contributed by atoms with Crippen LogP contribution in [0.2, 0.25) is 0 Å². The van der Waals surface area contributed by atoms with Gasteiger partial charge in [-0.15, -0.1) is 11.3 Å². The van der Waals surface area contributed by atoms with Crippen molar-refractivity contribution in [2.75, 3.05) is 0 Å². The van der Waals surface area contributed by atoms with E-state index in [1.165, 1.54) is 11.3 Å². The number of ketones is 1. The fraction of sp³-hybridized carbons (Fsp3) is 0.118. The van der Waals surface area contributed by atoms with Crippen LogP contribution in [0.3, 0.4) is 0 Å². The van der Waals surface area contributed by atoms with Crippen molar-refractivity contribution >= 4 is 49.2 Å². The molecule has 0 radical (unpaired) electrons. The molecule has 4 nitrogen and oxygen atoms in total. The molecular weight excluding hydrogens is 378 g/mol. The van der Waals surface area contributed by atoms with Crippen molar-refractivity contribution in [3.05, 3.63) is 63.6 Å². The maximum Gasteiger partial charge on any atom is 0.338 e. The SMILES string of the molecule is C[C@H](OC(=O)c1ccc2ncsc2c1)C(=O)c1ccc(Br)cc1. The van der Waals surface area contributed by atoms with E-state index in [0.717, 1.165) is 14.7 Å². The van der Waals surface area contributed by atoms with Crippen LogP contribution >= 0.6 is 27.3 Å². The van der Waals surface area contributed by atoms with Gasteiger partial charge in [-0.3, -0.25) is 4.79 Å². The molecule has 1 heterocycles. The lowest BCUT2D eigenvalue weighted by molar-refractivity contribution is 0.0319. The Balaban J connectivity index is 1.73. The lowest BCUT2D eigenvalue weighted by Crippen LogP contribution is -2.24. The van der Waals surface area contributed by atoms with E-state index in [4.69, 9.17) is 4.74 Å². The van der Waals surface area contributed by atoms with Crippen LogP contribution in [0.15, 0.2) is 52.4 Å². The second kappa shape index (κ2) is 6.60. The number of nitrogens with zero attached hydrogens (tertiary/aromatic N) is 1. The molecule has 1 atom stereocenters. The van der Waals surface area contributed by atoms with Crippen LogP contribution in [-0.2, 0) is 4.74 Å². The average Bonchev–Trinajstić information content (AvgIpc) is 3.02. The molecule has 0 unspecified atom stereocenters. The van der Waals surface area contributed by atoms with E-state index < -0.39 is 12.1 Å². The van der Waals surface area contributed by atoms with Crippen molar-refractivity contribution in [1.29, 1.82) is 0 Å². The summed E-state index contributed by atoms with van der Waals surface area (Å²) in [5.41, 5.74) is 3.48. The van der Waals surface area contributed by atoms with Gasteiger partial charge >= 0.3 is 5.97 Å². The zero-order valence-corrected chi connectivity index (χ0v) is 14.6. The molecule has 0 bridgehead atoms. The first-order valence-electron chi connectivity index (χ1n) is 6.88. The van der Waals surface area contributed by atoms with Gasteiger partial charge in [0.25, 0.3) is 0 Å². The van der Waals surface area contributed by atoms with Crippen LogP contribution in [0.5, 0.6) is 0 Å². The molecule has 0 saturated heterocycles. The van der Waals surface area contributed by atoms with Crippen molar-refractivity contribution in [1.82, 2.24) is 4.98 Å². The van der Waals surface area contributed by atoms with Crippen LogP contribution in [0.25, 0.3) is 10.2 Å². The second-order valence-electron chi connectivity index (χ2n) is 4.95. The number of halogens is 1. The van der Waals surface area contributed by atoms with Gasteiger partial charge in [0.05, 0.1) is 21.3 Å². The number of aromatic nitrogens is 1. The van der Waals surface area contributed by atoms with Crippen molar-refractivity contribution in [2.24, 2.45) is 0 Å². The maximum atomic E-state index is 12.3. The number of rotatable bonds is 4. The van der Waals surface area contributed by atoms with Gasteiger partial charge in [0, 0.05) is 10.0 Å². The normalized spacial score (nSPS) is 12.1. The fourth-order valence-electron chi connectivity index (χ4n) is 2.11. The van der Waals surface area contributed by atoms with Crippen molar-refractivity contribution in [3.8, 4) is 0 Å². The summed E-state index contributed by atoms with van der Waals surface area (Å²) >= 11 is 4.77. The highest BCUT2D eigenvalue weighted by atomic mass is 79.9. The number of carbonyl (C=O) groups excluding carboxylic acids is 2. The summed E-state index contributed by atoms with van der Waals surface area (Å²) in [5, 5.41) is 0. The quantitative estimate of drug-likeness (QED) is 0.487. The molecule has 6 heteroatoms. The van der Waals surface area contributed by atoms with E-state index in [1.807, 2.05) is 0 Å². The molecule has 3 rings (SSSR count). The van der Waals surface area contributed by atoms with Gasteiger partial charge in [-0.1, -0.05) is 28.1 Å². The lowest BCUT2D eigenvalue weighted by atomic mass is 10.1. The number of esters is 1. The minimum absolute atomic E-state index is 0.232. The van der Waals surface area contributed by atoms with Gasteiger partial charge in [0.15, 0.2) is 6.10 Å². The number of hydrogen-bond acceptors (Lipinski definition) is 5. The van der Waals surface area contributed by atoms with E-state index >= 15 is 0 Å². The van der Waals surface area contributed by atoms with Gasteiger partial charge in [0.1, 0.15) is 0 Å². The topological polar surface area (TPSA) is 56.3 Å². The van der Waals surface area contributed by atoms with E-state index in [2.05, 4.69) is 20.9 Å². The van der Waals surface area contributed by atoms with E-state index in [1.54, 1.807) is 54.9 Å². The highest BCUT2D eigenvalue weighted by molar-refractivity contribution is 9.10. The molecule has 3 aromatic rings. The Labute approximate surface area is 145 Å². The number of Topliss-reactive ketones (excluding diaryl/α,β-unsaturated/α-hetero) is 1. The molecule has 0 fully saturated rings. The summed E-state index contributed by atoms with van der Waals surface area (Å²) in [4.78, 5) is 28.7. The first-order valence-corrected chi connectivity index (χ1v) is 8.56. The number of hydrogen-bond donors (Lipinski definition) is 0. The summed E-state index contributed by atoms with van der Waals surface area (Å²) in [5.74, 6) is -0.747. The van der Waals surface area contributed by atoms with Crippen LogP contribution in [-0.4, -0.2) is 22.8 Å². The molecular formula is C17H12BrNO3S. The molecule has 0 aliphatic rings. The number of carbonyl (C=O) groups is 2. The monoisotopic (exact) mass is 389 g/mol. The molecule has 0 spiro atoms. The van der Waals surface area contributed by atoms with Gasteiger partial charge in [-0.05, 0) is 37.3 Å². The van der Waals surface area contributed by atoms with E-state index in [0.29, 0.717) is 11.1 Å². The van der Waals surface area contributed by atoms with Gasteiger partial charge in [0.2, 0.25) is 5.78 Å². The predicted molar refractivity (Wildman–Crippen MR) is 93.0 cm³/mol. The Bertz CT molecular complexity index is 873. The van der Waals surface area contributed by atoms with Crippen molar-refractivity contribution in [2.45, 2.75) is 13.0 Å². The Kier molecular flexibility index (Phi) is 4.54. The minimum Gasteiger partial charge on any atom is -0.451 e.